The highest BCUT2D eigenvalue weighted by Gasteiger charge is 2.33. The van der Waals surface area contributed by atoms with E-state index in [9.17, 15) is 23.2 Å². The van der Waals surface area contributed by atoms with Crippen LogP contribution in [0.1, 0.15) is 22.5 Å². The SMILES string of the molecule is Cc1cc(/C=C(\C#N)C(=O)Nc2ccccc2C(F)(F)F)c(C)n1-c1ccc2c(c1)OCO2. The van der Waals surface area contributed by atoms with Crippen molar-refractivity contribution in [2.45, 2.75) is 20.0 Å². The fourth-order valence-electron chi connectivity index (χ4n) is 3.69. The van der Waals surface area contributed by atoms with E-state index in [1.165, 1.54) is 18.2 Å². The Morgan fingerprint density at radius 2 is 1.85 bits per heavy atom. The van der Waals surface area contributed by atoms with E-state index < -0.39 is 23.3 Å². The Bertz CT molecular complexity index is 1320. The number of nitrogens with zero attached hydrogens (tertiary/aromatic N) is 2. The first-order chi connectivity index (χ1) is 15.7. The molecule has 0 aliphatic carbocycles. The Labute approximate surface area is 187 Å². The molecule has 0 atom stereocenters. The number of aromatic nitrogens is 1. The largest absolute Gasteiger partial charge is 0.454 e. The molecule has 2 aromatic carbocycles. The molecular weight excluding hydrogens is 435 g/mol. The van der Waals surface area contributed by atoms with E-state index >= 15 is 0 Å². The molecule has 3 aromatic rings. The van der Waals surface area contributed by atoms with Crippen LogP contribution in [0.2, 0.25) is 0 Å². The zero-order valence-corrected chi connectivity index (χ0v) is 17.7. The van der Waals surface area contributed by atoms with Gasteiger partial charge in [0.2, 0.25) is 6.79 Å². The van der Waals surface area contributed by atoms with Gasteiger partial charge in [-0.15, -0.1) is 0 Å². The third-order valence-electron chi connectivity index (χ3n) is 5.23. The molecule has 6 nitrogen and oxygen atoms in total. The van der Waals surface area contributed by atoms with Gasteiger partial charge in [0.1, 0.15) is 11.6 Å². The van der Waals surface area contributed by atoms with E-state index in [0.717, 1.165) is 29.2 Å². The van der Waals surface area contributed by atoms with E-state index in [1.807, 2.05) is 30.5 Å². The first kappa shape index (κ1) is 22.0. The molecule has 1 aromatic heterocycles. The number of fused-ring (bicyclic) bond motifs is 1. The van der Waals surface area contributed by atoms with E-state index in [0.29, 0.717) is 17.1 Å². The highest BCUT2D eigenvalue weighted by atomic mass is 19.4. The van der Waals surface area contributed by atoms with Gasteiger partial charge in [0.15, 0.2) is 11.5 Å². The van der Waals surface area contributed by atoms with Crippen LogP contribution in [0.5, 0.6) is 11.5 Å². The molecule has 33 heavy (non-hydrogen) atoms. The molecule has 4 rings (SSSR count). The maximum atomic E-state index is 13.2. The molecule has 1 N–H and O–H groups in total. The summed E-state index contributed by atoms with van der Waals surface area (Å²) >= 11 is 0. The molecule has 1 amide bonds. The Morgan fingerprint density at radius 1 is 1.12 bits per heavy atom. The van der Waals surface area contributed by atoms with Crippen LogP contribution in [-0.2, 0) is 11.0 Å². The maximum Gasteiger partial charge on any atom is 0.418 e. The van der Waals surface area contributed by atoms with Crippen LogP contribution in [0.15, 0.2) is 54.1 Å². The van der Waals surface area contributed by atoms with E-state index in [1.54, 1.807) is 18.2 Å². The van der Waals surface area contributed by atoms with Crippen molar-refractivity contribution in [3.8, 4) is 23.3 Å². The smallest absolute Gasteiger partial charge is 0.418 e. The predicted octanol–water partition coefficient (Wildman–Crippen LogP) is 5.39. The summed E-state index contributed by atoms with van der Waals surface area (Å²) in [5, 5.41) is 11.7. The molecule has 0 saturated carbocycles. The molecule has 0 radical (unpaired) electrons. The summed E-state index contributed by atoms with van der Waals surface area (Å²) in [4.78, 5) is 12.6. The summed E-state index contributed by atoms with van der Waals surface area (Å²) in [5.41, 5.74) is 1.23. The van der Waals surface area contributed by atoms with Crippen LogP contribution >= 0.6 is 0 Å². The summed E-state index contributed by atoms with van der Waals surface area (Å²) < 4.78 is 52.3. The number of carbonyl (C=O) groups excluding carboxylic acids is 1. The van der Waals surface area contributed by atoms with Crippen molar-refractivity contribution in [3.05, 3.63) is 76.6 Å². The van der Waals surface area contributed by atoms with Crippen molar-refractivity contribution in [2.75, 3.05) is 12.1 Å². The summed E-state index contributed by atoms with van der Waals surface area (Å²) in [7, 11) is 0. The van der Waals surface area contributed by atoms with Crippen LogP contribution in [0, 0.1) is 25.2 Å². The molecule has 0 spiro atoms. The standard InChI is InChI=1S/C24H18F3N3O3/c1-14-9-16(15(2)30(14)18-7-8-21-22(11-18)33-13-32-21)10-17(12-28)23(31)29-20-6-4-3-5-19(20)24(25,26)27/h3-11H,13H2,1-2H3,(H,29,31)/b17-10+. The quantitative estimate of drug-likeness (QED) is 0.425. The minimum atomic E-state index is -4.64. The van der Waals surface area contributed by atoms with Gasteiger partial charge < -0.3 is 19.4 Å². The average Bonchev–Trinajstić information content (AvgIpc) is 3.34. The highest BCUT2D eigenvalue weighted by Crippen LogP contribution is 2.36. The Kier molecular flexibility index (Phi) is 5.60. The minimum Gasteiger partial charge on any atom is -0.454 e. The normalized spacial score (nSPS) is 13.0. The van der Waals surface area contributed by atoms with E-state index in [4.69, 9.17) is 9.47 Å². The fraction of sp³-hybridized carbons (Fsp3) is 0.167. The Morgan fingerprint density at radius 3 is 2.58 bits per heavy atom. The number of hydrogen-bond donors (Lipinski definition) is 1. The summed E-state index contributed by atoms with van der Waals surface area (Å²) in [6, 6.07) is 13.6. The van der Waals surface area contributed by atoms with Crippen LogP contribution in [0.4, 0.5) is 18.9 Å². The van der Waals surface area contributed by atoms with Gasteiger partial charge in [-0.25, -0.2) is 0 Å². The van der Waals surface area contributed by atoms with Gasteiger partial charge in [0.05, 0.1) is 11.3 Å². The second-order valence-electron chi connectivity index (χ2n) is 7.37. The van der Waals surface area contributed by atoms with Gasteiger partial charge in [-0.1, -0.05) is 12.1 Å². The molecule has 2 heterocycles. The van der Waals surface area contributed by atoms with Crippen molar-refractivity contribution < 1.29 is 27.4 Å². The number of nitrogens with one attached hydrogen (secondary N) is 1. The van der Waals surface area contributed by atoms with Gasteiger partial charge >= 0.3 is 6.18 Å². The van der Waals surface area contributed by atoms with Gasteiger partial charge in [-0.05, 0) is 55.8 Å². The number of aryl methyl sites for hydroxylation is 1. The zero-order chi connectivity index (χ0) is 23.8. The van der Waals surface area contributed by atoms with Crippen molar-refractivity contribution in [1.29, 1.82) is 5.26 Å². The first-order valence-electron chi connectivity index (χ1n) is 9.87. The molecule has 0 bridgehead atoms. The highest BCUT2D eigenvalue weighted by molar-refractivity contribution is 6.10. The van der Waals surface area contributed by atoms with Gasteiger partial charge in [0.25, 0.3) is 5.91 Å². The lowest BCUT2D eigenvalue weighted by Gasteiger charge is -2.13. The predicted molar refractivity (Wildman–Crippen MR) is 115 cm³/mol. The second kappa shape index (κ2) is 8.39. The lowest BCUT2D eigenvalue weighted by molar-refractivity contribution is -0.137. The number of alkyl halides is 3. The van der Waals surface area contributed by atoms with Crippen LogP contribution in [0.3, 0.4) is 0 Å². The molecule has 0 unspecified atom stereocenters. The molecule has 0 saturated heterocycles. The molecule has 1 aliphatic heterocycles. The van der Waals surface area contributed by atoms with E-state index in [-0.39, 0.29) is 12.4 Å². The lowest BCUT2D eigenvalue weighted by Crippen LogP contribution is -2.17. The topological polar surface area (TPSA) is 76.3 Å². The fourth-order valence-corrected chi connectivity index (χ4v) is 3.69. The molecule has 1 aliphatic rings. The maximum absolute atomic E-state index is 13.2. The molecular formula is C24H18F3N3O3. The number of anilines is 1. The molecule has 9 heteroatoms. The Hall–Kier alpha value is -4.19. The van der Waals surface area contributed by atoms with Crippen molar-refractivity contribution >= 4 is 17.7 Å². The number of amides is 1. The third kappa shape index (κ3) is 4.28. The molecule has 0 fully saturated rings. The van der Waals surface area contributed by atoms with Gasteiger partial charge in [-0.2, -0.15) is 18.4 Å². The van der Waals surface area contributed by atoms with Crippen LogP contribution in [-0.4, -0.2) is 17.3 Å². The number of hydrogen-bond acceptors (Lipinski definition) is 4. The number of nitriles is 1. The van der Waals surface area contributed by atoms with Crippen LogP contribution in [0.25, 0.3) is 11.8 Å². The Balaban J connectivity index is 1.65. The first-order valence-corrected chi connectivity index (χ1v) is 9.87. The number of halogens is 3. The summed E-state index contributed by atoms with van der Waals surface area (Å²) in [6.45, 7) is 3.82. The molecule has 168 valence electrons. The van der Waals surface area contributed by atoms with Crippen LogP contribution < -0.4 is 14.8 Å². The van der Waals surface area contributed by atoms with Gasteiger partial charge in [0, 0.05) is 23.1 Å². The number of carbonyl (C=O) groups is 1. The number of ether oxygens (including phenoxy) is 2. The van der Waals surface area contributed by atoms with E-state index in [2.05, 4.69) is 5.32 Å². The van der Waals surface area contributed by atoms with Gasteiger partial charge in [-0.3, -0.25) is 4.79 Å². The third-order valence-corrected chi connectivity index (χ3v) is 5.23. The lowest BCUT2D eigenvalue weighted by atomic mass is 10.1. The van der Waals surface area contributed by atoms with Crippen molar-refractivity contribution in [2.24, 2.45) is 0 Å². The number of rotatable bonds is 4. The monoisotopic (exact) mass is 453 g/mol. The summed E-state index contributed by atoms with van der Waals surface area (Å²) in [5.74, 6) is 0.323. The van der Waals surface area contributed by atoms with Crippen molar-refractivity contribution in [3.63, 3.8) is 0 Å². The number of benzene rings is 2. The average molecular weight is 453 g/mol. The van der Waals surface area contributed by atoms with Crippen molar-refractivity contribution in [1.82, 2.24) is 4.57 Å². The minimum absolute atomic E-state index is 0.147. The number of para-hydroxylation sites is 1. The summed E-state index contributed by atoms with van der Waals surface area (Å²) in [6.07, 6.45) is -3.28. The second-order valence-corrected chi connectivity index (χ2v) is 7.37. The zero-order valence-electron chi connectivity index (χ0n) is 17.7.